The monoisotopic (exact) mass is 298 g/mol. The molecule has 0 bridgehead atoms. The summed E-state index contributed by atoms with van der Waals surface area (Å²) < 4.78 is 13.5. The molecule has 1 unspecified atom stereocenters. The Hall–Kier alpha value is -1.13. The molecule has 1 aromatic carbocycles. The summed E-state index contributed by atoms with van der Waals surface area (Å²) in [5, 5.41) is 3.36. The SMILES string of the molecule is CCCN(C(=O)c1ccc(Cl)c(F)c1)C1CCCNC1. The molecule has 5 heteroatoms. The van der Waals surface area contributed by atoms with E-state index in [0.29, 0.717) is 12.1 Å². The topological polar surface area (TPSA) is 32.3 Å². The number of nitrogens with zero attached hydrogens (tertiary/aromatic N) is 1. The van der Waals surface area contributed by atoms with Gasteiger partial charge in [-0.25, -0.2) is 4.39 Å². The Labute approximate surface area is 124 Å². The number of hydrogen-bond donors (Lipinski definition) is 1. The van der Waals surface area contributed by atoms with Gasteiger partial charge in [0.1, 0.15) is 5.82 Å². The summed E-state index contributed by atoms with van der Waals surface area (Å²) in [7, 11) is 0. The number of piperidine rings is 1. The van der Waals surface area contributed by atoms with Crippen molar-refractivity contribution in [3.63, 3.8) is 0 Å². The second kappa shape index (κ2) is 7.04. The van der Waals surface area contributed by atoms with Gasteiger partial charge in [-0.2, -0.15) is 0 Å². The Morgan fingerprint density at radius 3 is 2.95 bits per heavy atom. The smallest absolute Gasteiger partial charge is 0.254 e. The minimum Gasteiger partial charge on any atom is -0.334 e. The van der Waals surface area contributed by atoms with Crippen molar-refractivity contribution in [3.8, 4) is 0 Å². The van der Waals surface area contributed by atoms with Crippen molar-refractivity contribution in [1.82, 2.24) is 10.2 Å². The molecule has 1 N–H and O–H groups in total. The summed E-state index contributed by atoms with van der Waals surface area (Å²) in [4.78, 5) is 14.4. The third-order valence-electron chi connectivity index (χ3n) is 3.60. The molecule has 1 aliphatic heterocycles. The van der Waals surface area contributed by atoms with Crippen LogP contribution in [0.2, 0.25) is 5.02 Å². The van der Waals surface area contributed by atoms with Crippen molar-refractivity contribution in [2.75, 3.05) is 19.6 Å². The molecule has 20 heavy (non-hydrogen) atoms. The molecular formula is C15H20ClFN2O. The molecule has 0 saturated carbocycles. The van der Waals surface area contributed by atoms with E-state index in [1.807, 2.05) is 11.8 Å². The maximum Gasteiger partial charge on any atom is 0.254 e. The first-order valence-corrected chi connectivity index (χ1v) is 7.48. The highest BCUT2D eigenvalue weighted by atomic mass is 35.5. The molecule has 1 aliphatic rings. The lowest BCUT2D eigenvalue weighted by atomic mass is 10.0. The van der Waals surface area contributed by atoms with E-state index in [2.05, 4.69) is 5.32 Å². The van der Waals surface area contributed by atoms with E-state index in [4.69, 9.17) is 11.6 Å². The second-order valence-corrected chi connectivity index (χ2v) is 5.53. The zero-order chi connectivity index (χ0) is 14.5. The van der Waals surface area contributed by atoms with Gasteiger partial charge in [-0.3, -0.25) is 4.79 Å². The molecule has 110 valence electrons. The summed E-state index contributed by atoms with van der Waals surface area (Å²) in [6.07, 6.45) is 2.94. The largest absolute Gasteiger partial charge is 0.334 e. The lowest BCUT2D eigenvalue weighted by Crippen LogP contribution is -2.49. The van der Waals surface area contributed by atoms with Crippen LogP contribution in [0.5, 0.6) is 0 Å². The highest BCUT2D eigenvalue weighted by molar-refractivity contribution is 6.30. The summed E-state index contributed by atoms with van der Waals surface area (Å²) in [6.45, 7) is 4.54. The molecule has 1 aromatic rings. The van der Waals surface area contributed by atoms with Crippen molar-refractivity contribution in [2.45, 2.75) is 32.2 Å². The third kappa shape index (κ3) is 3.49. The lowest BCUT2D eigenvalue weighted by molar-refractivity contribution is 0.0648. The first-order chi connectivity index (χ1) is 9.63. The number of hydrogen-bond acceptors (Lipinski definition) is 2. The highest BCUT2D eigenvalue weighted by Crippen LogP contribution is 2.19. The normalized spacial score (nSPS) is 18.9. The molecule has 2 rings (SSSR count). The van der Waals surface area contributed by atoms with E-state index in [1.54, 1.807) is 6.07 Å². The van der Waals surface area contributed by atoms with Gasteiger partial charge in [-0.15, -0.1) is 0 Å². The number of carbonyl (C=O) groups is 1. The molecule has 0 spiro atoms. The molecular weight excluding hydrogens is 279 g/mol. The Morgan fingerprint density at radius 2 is 2.35 bits per heavy atom. The number of nitrogens with one attached hydrogen (secondary N) is 1. The van der Waals surface area contributed by atoms with Crippen LogP contribution in [0.3, 0.4) is 0 Å². The first-order valence-electron chi connectivity index (χ1n) is 7.10. The summed E-state index contributed by atoms with van der Waals surface area (Å²) in [6, 6.07) is 4.44. The Bertz CT molecular complexity index is 475. The van der Waals surface area contributed by atoms with Crippen LogP contribution in [0.1, 0.15) is 36.5 Å². The molecule has 0 radical (unpaired) electrons. The van der Waals surface area contributed by atoms with E-state index in [9.17, 15) is 9.18 Å². The van der Waals surface area contributed by atoms with E-state index in [1.165, 1.54) is 12.1 Å². The molecule has 0 aromatic heterocycles. The van der Waals surface area contributed by atoms with E-state index in [-0.39, 0.29) is 17.0 Å². The predicted octanol–water partition coefficient (Wildman–Crippen LogP) is 3.08. The van der Waals surface area contributed by atoms with Gasteiger partial charge >= 0.3 is 0 Å². The van der Waals surface area contributed by atoms with Gasteiger partial charge in [0.25, 0.3) is 5.91 Å². The Morgan fingerprint density at radius 1 is 1.55 bits per heavy atom. The van der Waals surface area contributed by atoms with Crippen LogP contribution in [0.15, 0.2) is 18.2 Å². The Kier molecular flexibility index (Phi) is 5.38. The van der Waals surface area contributed by atoms with Crippen LogP contribution in [-0.2, 0) is 0 Å². The van der Waals surface area contributed by atoms with E-state index >= 15 is 0 Å². The van der Waals surface area contributed by atoms with Crippen LogP contribution < -0.4 is 5.32 Å². The molecule has 0 aliphatic carbocycles. The van der Waals surface area contributed by atoms with Gasteiger partial charge in [0, 0.05) is 24.7 Å². The van der Waals surface area contributed by atoms with Gasteiger partial charge < -0.3 is 10.2 Å². The second-order valence-electron chi connectivity index (χ2n) is 5.13. The fourth-order valence-electron chi connectivity index (χ4n) is 2.59. The standard InChI is InChI=1S/C15H20ClFN2O/c1-2-8-19(12-4-3-7-18-10-12)15(20)11-5-6-13(16)14(17)9-11/h5-6,9,12,18H,2-4,7-8,10H2,1H3. The molecule has 1 amide bonds. The zero-order valence-electron chi connectivity index (χ0n) is 11.7. The van der Waals surface area contributed by atoms with Crippen molar-refractivity contribution < 1.29 is 9.18 Å². The van der Waals surface area contributed by atoms with Crippen LogP contribution in [0.4, 0.5) is 4.39 Å². The molecule has 1 fully saturated rings. The van der Waals surface area contributed by atoms with Crippen LogP contribution in [0, 0.1) is 5.82 Å². The number of halogens is 2. The van der Waals surface area contributed by atoms with Gasteiger partial charge in [0.2, 0.25) is 0 Å². The summed E-state index contributed by atoms with van der Waals surface area (Å²) >= 11 is 5.66. The van der Waals surface area contributed by atoms with Gasteiger partial charge in [0.05, 0.1) is 5.02 Å². The minimum absolute atomic E-state index is 0.0444. The summed E-state index contributed by atoms with van der Waals surface area (Å²) in [5.41, 5.74) is 0.367. The van der Waals surface area contributed by atoms with Gasteiger partial charge in [-0.1, -0.05) is 18.5 Å². The summed E-state index contributed by atoms with van der Waals surface area (Å²) in [5.74, 6) is -0.660. The molecule has 1 atom stereocenters. The van der Waals surface area contributed by atoms with Crippen molar-refractivity contribution in [2.24, 2.45) is 0 Å². The Balaban J connectivity index is 2.18. The fourth-order valence-corrected chi connectivity index (χ4v) is 2.70. The predicted molar refractivity (Wildman–Crippen MR) is 78.6 cm³/mol. The fraction of sp³-hybridized carbons (Fsp3) is 0.533. The average molecular weight is 299 g/mol. The number of benzene rings is 1. The van der Waals surface area contributed by atoms with Crippen LogP contribution in [-0.4, -0.2) is 36.5 Å². The molecule has 1 saturated heterocycles. The van der Waals surface area contributed by atoms with Crippen molar-refractivity contribution in [3.05, 3.63) is 34.6 Å². The number of carbonyl (C=O) groups excluding carboxylic acids is 1. The van der Waals surface area contributed by atoms with Crippen molar-refractivity contribution in [1.29, 1.82) is 0 Å². The van der Waals surface area contributed by atoms with Crippen LogP contribution in [0.25, 0.3) is 0 Å². The lowest BCUT2D eigenvalue weighted by Gasteiger charge is -2.34. The quantitative estimate of drug-likeness (QED) is 0.926. The van der Waals surface area contributed by atoms with Gasteiger partial charge in [0.15, 0.2) is 0 Å². The third-order valence-corrected chi connectivity index (χ3v) is 3.91. The van der Waals surface area contributed by atoms with Crippen LogP contribution >= 0.6 is 11.6 Å². The van der Waals surface area contributed by atoms with E-state index in [0.717, 1.165) is 32.4 Å². The molecule has 3 nitrogen and oxygen atoms in total. The maximum absolute atomic E-state index is 13.5. The number of rotatable bonds is 4. The minimum atomic E-state index is -0.546. The first kappa shape index (κ1) is 15.3. The van der Waals surface area contributed by atoms with Crippen molar-refractivity contribution >= 4 is 17.5 Å². The number of amides is 1. The highest BCUT2D eigenvalue weighted by Gasteiger charge is 2.25. The average Bonchev–Trinajstić information content (AvgIpc) is 2.48. The van der Waals surface area contributed by atoms with E-state index < -0.39 is 5.82 Å². The van der Waals surface area contributed by atoms with Gasteiger partial charge in [-0.05, 0) is 44.0 Å². The molecule has 1 heterocycles. The maximum atomic E-state index is 13.5. The zero-order valence-corrected chi connectivity index (χ0v) is 12.4.